The van der Waals surface area contributed by atoms with Gasteiger partial charge in [0.2, 0.25) is 0 Å². The molecule has 0 aliphatic carbocycles. The van der Waals surface area contributed by atoms with Gasteiger partial charge in [0.1, 0.15) is 10.4 Å². The summed E-state index contributed by atoms with van der Waals surface area (Å²) in [6, 6.07) is 7.84. The lowest BCUT2D eigenvalue weighted by atomic mass is 10.2. The first kappa shape index (κ1) is 14.0. The van der Waals surface area contributed by atoms with Crippen LogP contribution in [0.5, 0.6) is 0 Å². The van der Waals surface area contributed by atoms with Crippen LogP contribution >= 0.6 is 22.7 Å². The Balaban J connectivity index is 1.95. The van der Waals surface area contributed by atoms with Crippen molar-refractivity contribution in [2.45, 2.75) is 13.0 Å². The zero-order valence-electron chi connectivity index (χ0n) is 11.7. The van der Waals surface area contributed by atoms with Gasteiger partial charge in [-0.05, 0) is 30.5 Å². The van der Waals surface area contributed by atoms with E-state index in [1.807, 2.05) is 43.6 Å². The van der Waals surface area contributed by atoms with Crippen LogP contribution in [0.1, 0.15) is 27.5 Å². The van der Waals surface area contributed by atoms with E-state index in [-0.39, 0.29) is 11.9 Å². The molecule has 3 rings (SSSR count). The fraction of sp³-hybridized carbons (Fsp3) is 0.200. The second-order valence-corrected chi connectivity index (χ2v) is 6.83. The average Bonchev–Trinajstić information content (AvgIpc) is 3.14. The van der Waals surface area contributed by atoms with Crippen LogP contribution in [0.4, 0.5) is 5.69 Å². The van der Waals surface area contributed by atoms with Crippen molar-refractivity contribution in [2.75, 3.05) is 12.8 Å². The highest BCUT2D eigenvalue weighted by atomic mass is 32.1. The van der Waals surface area contributed by atoms with Crippen molar-refractivity contribution in [3.8, 4) is 0 Å². The first-order chi connectivity index (χ1) is 10.1. The molecule has 1 atom stereocenters. The molecule has 0 fully saturated rings. The zero-order valence-corrected chi connectivity index (χ0v) is 13.4. The van der Waals surface area contributed by atoms with E-state index < -0.39 is 0 Å². The molecular weight excluding hydrogens is 302 g/mol. The molecule has 21 heavy (non-hydrogen) atoms. The second-order valence-electron chi connectivity index (χ2n) is 4.80. The van der Waals surface area contributed by atoms with E-state index >= 15 is 0 Å². The van der Waals surface area contributed by atoms with Crippen molar-refractivity contribution in [2.24, 2.45) is 0 Å². The van der Waals surface area contributed by atoms with Gasteiger partial charge in [0.15, 0.2) is 0 Å². The lowest BCUT2D eigenvalue weighted by Gasteiger charge is -2.23. The van der Waals surface area contributed by atoms with Gasteiger partial charge in [-0.15, -0.1) is 22.7 Å². The normalized spacial score (nSPS) is 12.5. The molecule has 0 saturated heterocycles. The number of amides is 1. The zero-order chi connectivity index (χ0) is 15.0. The Morgan fingerprint density at radius 1 is 1.38 bits per heavy atom. The van der Waals surface area contributed by atoms with E-state index in [9.17, 15) is 4.79 Å². The SMILES string of the molecule is CC(c1cccs1)N(C)C(=O)c1sc2cccnc2c1N. The highest BCUT2D eigenvalue weighted by molar-refractivity contribution is 7.21. The van der Waals surface area contributed by atoms with Crippen molar-refractivity contribution in [3.05, 3.63) is 45.6 Å². The first-order valence-electron chi connectivity index (χ1n) is 6.53. The third-order valence-corrected chi connectivity index (χ3v) is 5.72. The fourth-order valence-electron chi connectivity index (χ4n) is 2.16. The maximum atomic E-state index is 12.7. The molecule has 0 aliphatic rings. The van der Waals surface area contributed by atoms with Crippen LogP contribution in [-0.4, -0.2) is 22.8 Å². The molecule has 3 heterocycles. The molecule has 3 aromatic heterocycles. The average molecular weight is 317 g/mol. The molecule has 0 radical (unpaired) electrons. The lowest BCUT2D eigenvalue weighted by Crippen LogP contribution is -2.29. The highest BCUT2D eigenvalue weighted by Crippen LogP contribution is 2.34. The van der Waals surface area contributed by atoms with Crippen molar-refractivity contribution < 1.29 is 4.79 Å². The van der Waals surface area contributed by atoms with E-state index in [1.54, 1.807) is 22.4 Å². The van der Waals surface area contributed by atoms with Gasteiger partial charge in [0.25, 0.3) is 5.91 Å². The number of carbonyl (C=O) groups is 1. The first-order valence-corrected chi connectivity index (χ1v) is 8.22. The third-order valence-electron chi connectivity index (χ3n) is 3.53. The van der Waals surface area contributed by atoms with Crippen molar-refractivity contribution in [1.29, 1.82) is 0 Å². The molecule has 0 saturated carbocycles. The Kier molecular flexibility index (Phi) is 3.65. The number of hydrogen-bond donors (Lipinski definition) is 1. The predicted molar refractivity (Wildman–Crippen MR) is 88.9 cm³/mol. The molecule has 1 amide bonds. The smallest absolute Gasteiger partial charge is 0.266 e. The molecule has 2 N–H and O–H groups in total. The summed E-state index contributed by atoms with van der Waals surface area (Å²) in [5.41, 5.74) is 7.29. The van der Waals surface area contributed by atoms with Gasteiger partial charge in [-0.2, -0.15) is 0 Å². The maximum Gasteiger partial charge on any atom is 0.266 e. The summed E-state index contributed by atoms with van der Waals surface area (Å²) >= 11 is 3.05. The molecule has 0 aromatic carbocycles. The van der Waals surface area contributed by atoms with Crippen LogP contribution in [0, 0.1) is 0 Å². The number of fused-ring (bicyclic) bond motifs is 1. The van der Waals surface area contributed by atoms with Crippen LogP contribution in [0.3, 0.4) is 0 Å². The summed E-state index contributed by atoms with van der Waals surface area (Å²) in [6.45, 7) is 2.02. The van der Waals surface area contributed by atoms with Crippen molar-refractivity contribution in [1.82, 2.24) is 9.88 Å². The molecule has 3 aromatic rings. The topological polar surface area (TPSA) is 59.2 Å². The number of hydrogen-bond acceptors (Lipinski definition) is 5. The maximum absolute atomic E-state index is 12.7. The summed E-state index contributed by atoms with van der Waals surface area (Å²) in [5.74, 6) is -0.0589. The summed E-state index contributed by atoms with van der Waals surface area (Å²) in [4.78, 5) is 20.4. The molecule has 0 bridgehead atoms. The Labute approximate surface area is 130 Å². The van der Waals surface area contributed by atoms with Gasteiger partial charge >= 0.3 is 0 Å². The molecule has 1 unspecified atom stereocenters. The number of pyridine rings is 1. The number of aromatic nitrogens is 1. The van der Waals surface area contributed by atoms with Crippen LogP contribution in [0.2, 0.25) is 0 Å². The minimum absolute atomic E-state index is 0.0232. The molecule has 0 spiro atoms. The lowest BCUT2D eigenvalue weighted by molar-refractivity contribution is 0.0751. The monoisotopic (exact) mass is 317 g/mol. The Morgan fingerprint density at radius 3 is 2.86 bits per heavy atom. The number of carbonyl (C=O) groups excluding carboxylic acids is 1. The molecule has 108 valence electrons. The highest BCUT2D eigenvalue weighted by Gasteiger charge is 2.24. The third kappa shape index (κ3) is 2.41. The van der Waals surface area contributed by atoms with Gasteiger partial charge < -0.3 is 10.6 Å². The number of rotatable bonds is 3. The van der Waals surface area contributed by atoms with Gasteiger partial charge in [-0.3, -0.25) is 9.78 Å². The van der Waals surface area contributed by atoms with E-state index in [4.69, 9.17) is 5.73 Å². The van der Waals surface area contributed by atoms with Gasteiger partial charge in [-0.1, -0.05) is 6.07 Å². The minimum atomic E-state index is -0.0589. The fourth-order valence-corrected chi connectivity index (χ4v) is 4.05. The summed E-state index contributed by atoms with van der Waals surface area (Å²) < 4.78 is 0.940. The van der Waals surface area contributed by atoms with E-state index in [0.29, 0.717) is 16.1 Å². The van der Waals surface area contributed by atoms with E-state index in [1.165, 1.54) is 11.3 Å². The van der Waals surface area contributed by atoms with Crippen LogP contribution in [0.15, 0.2) is 35.8 Å². The number of thiophene rings is 2. The molecular formula is C15H15N3OS2. The van der Waals surface area contributed by atoms with Crippen molar-refractivity contribution >= 4 is 44.5 Å². The number of nitrogens with two attached hydrogens (primary N) is 1. The second kappa shape index (κ2) is 5.46. The summed E-state index contributed by atoms with van der Waals surface area (Å²) in [5, 5.41) is 2.02. The standard InChI is InChI=1S/C15H15N3OS2/c1-9(10-6-4-8-20-10)18(2)15(19)14-12(16)13-11(21-14)5-3-7-17-13/h3-9H,16H2,1-2H3. The Bertz CT molecular complexity index is 779. The number of nitrogens with zero attached hydrogens (tertiary/aromatic N) is 2. The molecule has 4 nitrogen and oxygen atoms in total. The largest absolute Gasteiger partial charge is 0.396 e. The van der Waals surface area contributed by atoms with Crippen LogP contribution in [-0.2, 0) is 0 Å². The van der Waals surface area contributed by atoms with Crippen LogP contribution in [0.25, 0.3) is 10.2 Å². The molecule has 0 aliphatic heterocycles. The Morgan fingerprint density at radius 2 is 2.19 bits per heavy atom. The number of nitrogen functional groups attached to an aromatic ring is 1. The van der Waals surface area contributed by atoms with Gasteiger partial charge in [-0.25, -0.2) is 0 Å². The molecule has 6 heteroatoms. The van der Waals surface area contributed by atoms with Gasteiger partial charge in [0.05, 0.1) is 16.4 Å². The van der Waals surface area contributed by atoms with Crippen LogP contribution < -0.4 is 5.73 Å². The predicted octanol–water partition coefficient (Wildman–Crippen LogP) is 3.77. The Hall–Kier alpha value is -1.92. The summed E-state index contributed by atoms with van der Waals surface area (Å²) in [7, 11) is 1.81. The van der Waals surface area contributed by atoms with E-state index in [0.717, 1.165) is 9.58 Å². The van der Waals surface area contributed by atoms with Gasteiger partial charge in [0, 0.05) is 18.1 Å². The number of anilines is 1. The minimum Gasteiger partial charge on any atom is -0.396 e. The quantitative estimate of drug-likeness (QED) is 0.800. The van der Waals surface area contributed by atoms with Crippen molar-refractivity contribution in [3.63, 3.8) is 0 Å². The summed E-state index contributed by atoms with van der Waals surface area (Å²) in [6.07, 6.45) is 1.69. The van der Waals surface area contributed by atoms with E-state index in [2.05, 4.69) is 4.98 Å².